The lowest BCUT2D eigenvalue weighted by Gasteiger charge is -2.07. The topological polar surface area (TPSA) is 26.3 Å². The van der Waals surface area contributed by atoms with Gasteiger partial charge in [-0.05, 0) is 41.8 Å². The van der Waals surface area contributed by atoms with Gasteiger partial charge in [-0.2, -0.15) is 0 Å². The van der Waals surface area contributed by atoms with Crippen molar-refractivity contribution in [2.24, 2.45) is 0 Å². The summed E-state index contributed by atoms with van der Waals surface area (Å²) in [6.45, 7) is 2.04. The summed E-state index contributed by atoms with van der Waals surface area (Å²) in [4.78, 5) is 10.9. The Kier molecular flexibility index (Phi) is 5.21. The van der Waals surface area contributed by atoms with Crippen LogP contribution in [-0.2, 0) is 0 Å². The normalized spacial score (nSPS) is 10.9. The van der Waals surface area contributed by atoms with E-state index in [1.165, 1.54) is 7.11 Å². The maximum absolute atomic E-state index is 10.9. The molecule has 0 spiro atoms. The Hall–Kier alpha value is -1.58. The lowest BCUT2D eigenvalue weighted by molar-refractivity contribution is 0.112. The molecule has 2 aromatic rings. The first-order chi connectivity index (χ1) is 10.1. The molecule has 0 saturated carbocycles. The van der Waals surface area contributed by atoms with Gasteiger partial charge < -0.3 is 4.74 Å². The highest BCUT2D eigenvalue weighted by molar-refractivity contribution is 9.10. The van der Waals surface area contributed by atoms with Gasteiger partial charge in [0.1, 0.15) is 5.75 Å². The van der Waals surface area contributed by atoms with Crippen LogP contribution in [0.3, 0.4) is 0 Å². The quantitative estimate of drug-likeness (QED) is 0.535. The summed E-state index contributed by atoms with van der Waals surface area (Å²) in [5.74, 6) is 0.514. The largest absolute Gasteiger partial charge is 0.496 e. The highest BCUT2D eigenvalue weighted by Crippen LogP contribution is 2.28. The van der Waals surface area contributed by atoms with Crippen molar-refractivity contribution in [3.63, 3.8) is 0 Å². The number of halogens is 2. The number of carbonyl (C=O) groups is 1. The number of aldehydes is 1. The Morgan fingerprint density at radius 1 is 1.14 bits per heavy atom. The van der Waals surface area contributed by atoms with Crippen molar-refractivity contribution in [1.82, 2.24) is 0 Å². The molecule has 0 aliphatic carbocycles. The van der Waals surface area contributed by atoms with Crippen LogP contribution in [0, 0.1) is 6.92 Å². The standard InChI is InChI=1S/C17H14BrClO2/c1-11-12(4-3-5-15(11)18)6-7-13-9-17(21-2)14(10-20)8-16(13)19/h3-10H,1-2H3/b7-6+. The molecule has 0 radical (unpaired) electrons. The number of methoxy groups -OCH3 is 1. The second-order valence-corrected chi connectivity index (χ2v) is 5.78. The van der Waals surface area contributed by atoms with E-state index in [1.807, 2.05) is 37.3 Å². The maximum Gasteiger partial charge on any atom is 0.153 e. The summed E-state index contributed by atoms with van der Waals surface area (Å²) in [6.07, 6.45) is 4.63. The molecule has 0 atom stereocenters. The van der Waals surface area contributed by atoms with Crippen molar-refractivity contribution in [3.8, 4) is 5.75 Å². The highest BCUT2D eigenvalue weighted by atomic mass is 79.9. The lowest BCUT2D eigenvalue weighted by atomic mass is 10.1. The molecule has 2 aromatic carbocycles. The van der Waals surface area contributed by atoms with Gasteiger partial charge >= 0.3 is 0 Å². The minimum Gasteiger partial charge on any atom is -0.496 e. The summed E-state index contributed by atoms with van der Waals surface area (Å²) >= 11 is 9.71. The molecular formula is C17H14BrClO2. The molecule has 0 bridgehead atoms. The summed E-state index contributed by atoms with van der Waals surface area (Å²) in [7, 11) is 1.53. The van der Waals surface area contributed by atoms with Crippen LogP contribution in [0.2, 0.25) is 5.02 Å². The number of rotatable bonds is 4. The van der Waals surface area contributed by atoms with Gasteiger partial charge in [-0.3, -0.25) is 4.79 Å². The van der Waals surface area contributed by atoms with Crippen molar-refractivity contribution in [3.05, 3.63) is 62.1 Å². The van der Waals surface area contributed by atoms with Gasteiger partial charge in [0, 0.05) is 9.50 Å². The first-order valence-electron chi connectivity index (χ1n) is 6.32. The molecule has 0 aromatic heterocycles. The summed E-state index contributed by atoms with van der Waals surface area (Å²) in [5.41, 5.74) is 3.50. The molecule has 0 fully saturated rings. The fourth-order valence-corrected chi connectivity index (χ4v) is 2.58. The fourth-order valence-electron chi connectivity index (χ4n) is 1.97. The monoisotopic (exact) mass is 364 g/mol. The van der Waals surface area contributed by atoms with Crippen LogP contribution in [-0.4, -0.2) is 13.4 Å². The van der Waals surface area contributed by atoms with Crippen LogP contribution < -0.4 is 4.74 Å². The average Bonchev–Trinajstić information content (AvgIpc) is 2.49. The molecule has 0 N–H and O–H groups in total. The van der Waals surface area contributed by atoms with Crippen LogP contribution in [0.1, 0.15) is 27.0 Å². The molecule has 21 heavy (non-hydrogen) atoms. The highest BCUT2D eigenvalue weighted by Gasteiger charge is 2.07. The zero-order chi connectivity index (χ0) is 15.4. The van der Waals surface area contributed by atoms with Gasteiger partial charge in [-0.15, -0.1) is 0 Å². The molecule has 0 unspecified atom stereocenters. The van der Waals surface area contributed by atoms with Gasteiger partial charge in [-0.25, -0.2) is 0 Å². The van der Waals surface area contributed by atoms with Crippen LogP contribution >= 0.6 is 27.5 Å². The molecule has 108 valence electrons. The predicted octanol–water partition coefficient (Wildman–Crippen LogP) is 5.40. The lowest BCUT2D eigenvalue weighted by Crippen LogP contribution is -1.92. The van der Waals surface area contributed by atoms with Gasteiger partial charge in [0.25, 0.3) is 0 Å². The van der Waals surface area contributed by atoms with E-state index in [2.05, 4.69) is 15.9 Å². The third-order valence-corrected chi connectivity index (χ3v) is 4.41. The predicted molar refractivity (Wildman–Crippen MR) is 91.2 cm³/mol. The van der Waals surface area contributed by atoms with E-state index in [0.29, 0.717) is 16.3 Å². The van der Waals surface area contributed by atoms with Crippen molar-refractivity contribution in [2.75, 3.05) is 7.11 Å². The maximum atomic E-state index is 10.9. The molecule has 0 heterocycles. The van der Waals surface area contributed by atoms with E-state index in [1.54, 1.807) is 12.1 Å². The summed E-state index contributed by atoms with van der Waals surface area (Å²) in [6, 6.07) is 9.38. The Morgan fingerprint density at radius 3 is 2.52 bits per heavy atom. The summed E-state index contributed by atoms with van der Waals surface area (Å²) < 4.78 is 6.26. The number of hydrogen-bond acceptors (Lipinski definition) is 2. The molecule has 0 amide bonds. The molecule has 0 saturated heterocycles. The zero-order valence-electron chi connectivity index (χ0n) is 11.7. The molecule has 0 aliphatic heterocycles. The second kappa shape index (κ2) is 6.92. The van der Waals surface area contributed by atoms with Gasteiger partial charge in [0.2, 0.25) is 0 Å². The van der Waals surface area contributed by atoms with E-state index in [-0.39, 0.29) is 0 Å². The van der Waals surface area contributed by atoms with Gasteiger partial charge in [0.05, 0.1) is 12.7 Å². The third kappa shape index (κ3) is 3.55. The minimum atomic E-state index is 0.443. The molecule has 2 nitrogen and oxygen atoms in total. The first-order valence-corrected chi connectivity index (χ1v) is 7.50. The molecule has 0 aliphatic rings. The first kappa shape index (κ1) is 15.8. The van der Waals surface area contributed by atoms with Crippen molar-refractivity contribution in [2.45, 2.75) is 6.92 Å². The van der Waals surface area contributed by atoms with E-state index in [4.69, 9.17) is 16.3 Å². The number of ether oxygens (including phenoxy) is 1. The third-order valence-electron chi connectivity index (χ3n) is 3.23. The van der Waals surface area contributed by atoms with Crippen LogP contribution in [0.4, 0.5) is 0 Å². The van der Waals surface area contributed by atoms with E-state index >= 15 is 0 Å². The van der Waals surface area contributed by atoms with E-state index < -0.39 is 0 Å². The number of hydrogen-bond donors (Lipinski definition) is 0. The van der Waals surface area contributed by atoms with Crippen LogP contribution in [0.15, 0.2) is 34.8 Å². The van der Waals surface area contributed by atoms with Crippen molar-refractivity contribution >= 4 is 46.0 Å². The van der Waals surface area contributed by atoms with E-state index in [9.17, 15) is 4.79 Å². The number of carbonyl (C=O) groups excluding carboxylic acids is 1. The Balaban J connectivity index is 2.41. The van der Waals surface area contributed by atoms with Gasteiger partial charge in [-0.1, -0.05) is 51.8 Å². The average molecular weight is 366 g/mol. The van der Waals surface area contributed by atoms with Crippen LogP contribution in [0.5, 0.6) is 5.75 Å². The number of benzene rings is 2. The zero-order valence-corrected chi connectivity index (χ0v) is 14.0. The Morgan fingerprint density at radius 2 is 1.86 bits per heavy atom. The molecular weight excluding hydrogens is 352 g/mol. The van der Waals surface area contributed by atoms with Gasteiger partial charge in [0.15, 0.2) is 6.29 Å². The second-order valence-electron chi connectivity index (χ2n) is 4.52. The Bertz CT molecular complexity index is 708. The van der Waals surface area contributed by atoms with Crippen molar-refractivity contribution in [1.29, 1.82) is 0 Å². The summed E-state index contributed by atoms with van der Waals surface area (Å²) in [5, 5.41) is 0.516. The van der Waals surface area contributed by atoms with Crippen molar-refractivity contribution < 1.29 is 9.53 Å². The molecule has 2 rings (SSSR count). The SMILES string of the molecule is COc1cc(/C=C/c2cccc(Br)c2C)c(Cl)cc1C=O. The van der Waals surface area contributed by atoms with Crippen LogP contribution in [0.25, 0.3) is 12.2 Å². The smallest absolute Gasteiger partial charge is 0.153 e. The Labute approximate surface area is 137 Å². The van der Waals surface area contributed by atoms with E-state index in [0.717, 1.165) is 27.4 Å². The molecule has 4 heteroatoms. The minimum absolute atomic E-state index is 0.443. The fraction of sp³-hybridized carbons (Fsp3) is 0.118.